The van der Waals surface area contributed by atoms with E-state index >= 15 is 0 Å². The molecule has 0 aliphatic rings. The summed E-state index contributed by atoms with van der Waals surface area (Å²) in [6.45, 7) is 2.01. The summed E-state index contributed by atoms with van der Waals surface area (Å²) in [5.74, 6) is 0.650. The van der Waals surface area contributed by atoms with Gasteiger partial charge < -0.3 is 24.8 Å². The number of nitrogens with one attached hydrogen (secondary N) is 1. The Morgan fingerprint density at radius 2 is 1.92 bits per heavy atom. The van der Waals surface area contributed by atoms with Crippen LogP contribution in [-0.2, 0) is 16.1 Å². The van der Waals surface area contributed by atoms with Crippen molar-refractivity contribution in [2.24, 2.45) is 4.99 Å². The van der Waals surface area contributed by atoms with Gasteiger partial charge in [0.2, 0.25) is 5.91 Å². The zero-order valence-electron chi connectivity index (χ0n) is 16.2. The second-order valence-corrected chi connectivity index (χ2v) is 6.27. The molecular formula is C18H31N5O2. The van der Waals surface area contributed by atoms with E-state index in [1.54, 1.807) is 21.2 Å². The number of ether oxygens (including phenoxy) is 1. The molecule has 0 fully saturated rings. The fourth-order valence-electron chi connectivity index (χ4n) is 2.14. The normalized spacial score (nSPS) is 11.2. The summed E-state index contributed by atoms with van der Waals surface area (Å²) >= 11 is 0. The maximum Gasteiger partial charge on any atom is 0.243 e. The van der Waals surface area contributed by atoms with Crippen LogP contribution >= 0.6 is 0 Å². The third-order valence-electron chi connectivity index (χ3n) is 3.66. The van der Waals surface area contributed by atoms with Crippen LogP contribution in [0.4, 0.5) is 5.69 Å². The number of carbonyl (C=O) groups excluding carboxylic acids is 1. The second-order valence-electron chi connectivity index (χ2n) is 6.27. The van der Waals surface area contributed by atoms with E-state index in [9.17, 15) is 4.79 Å². The van der Waals surface area contributed by atoms with E-state index in [4.69, 9.17) is 4.74 Å². The Labute approximate surface area is 151 Å². The molecule has 0 spiro atoms. The molecule has 0 heterocycles. The molecule has 140 valence electrons. The van der Waals surface area contributed by atoms with E-state index in [0.29, 0.717) is 25.7 Å². The van der Waals surface area contributed by atoms with Crippen molar-refractivity contribution in [3.05, 3.63) is 29.8 Å². The number of aliphatic imine (C=N–C) groups is 1. The number of hydrogen-bond acceptors (Lipinski definition) is 4. The highest BCUT2D eigenvalue weighted by Gasteiger charge is 2.10. The van der Waals surface area contributed by atoms with Crippen molar-refractivity contribution in [1.82, 2.24) is 15.1 Å². The van der Waals surface area contributed by atoms with Crippen LogP contribution in [0, 0.1) is 0 Å². The number of guanidine groups is 1. The van der Waals surface area contributed by atoms with Crippen molar-refractivity contribution in [3.63, 3.8) is 0 Å². The number of amides is 1. The van der Waals surface area contributed by atoms with Gasteiger partial charge >= 0.3 is 0 Å². The number of methoxy groups -OCH3 is 1. The van der Waals surface area contributed by atoms with Gasteiger partial charge in [-0.25, -0.2) is 4.99 Å². The lowest BCUT2D eigenvalue weighted by Crippen LogP contribution is -2.41. The molecule has 0 saturated heterocycles. The van der Waals surface area contributed by atoms with Crippen LogP contribution in [0.5, 0.6) is 0 Å². The van der Waals surface area contributed by atoms with E-state index in [-0.39, 0.29) is 12.5 Å². The minimum atomic E-state index is -0.0333. The summed E-state index contributed by atoms with van der Waals surface area (Å²) < 4.78 is 5.08. The largest absolute Gasteiger partial charge is 0.383 e. The quantitative estimate of drug-likeness (QED) is 0.429. The molecule has 0 bridgehead atoms. The van der Waals surface area contributed by atoms with E-state index in [1.165, 1.54) is 10.5 Å². The maximum atomic E-state index is 11.8. The first-order valence-electron chi connectivity index (χ1n) is 8.30. The molecule has 0 saturated carbocycles. The zero-order valence-corrected chi connectivity index (χ0v) is 16.2. The Bertz CT molecular complexity index is 572. The molecule has 1 aromatic rings. The lowest BCUT2D eigenvalue weighted by atomic mass is 10.2. The van der Waals surface area contributed by atoms with Crippen LogP contribution in [0.1, 0.15) is 5.56 Å². The number of nitrogens with zero attached hydrogens (tertiary/aromatic N) is 4. The summed E-state index contributed by atoms with van der Waals surface area (Å²) in [5, 5.41) is 3.24. The van der Waals surface area contributed by atoms with E-state index < -0.39 is 0 Å². The molecule has 1 amide bonds. The summed E-state index contributed by atoms with van der Waals surface area (Å²) in [7, 11) is 11.1. The van der Waals surface area contributed by atoms with Crippen LogP contribution in [0.2, 0.25) is 0 Å². The van der Waals surface area contributed by atoms with Crippen LogP contribution in [0.3, 0.4) is 0 Å². The fourth-order valence-corrected chi connectivity index (χ4v) is 2.14. The van der Waals surface area contributed by atoms with Gasteiger partial charge in [0.05, 0.1) is 6.61 Å². The first-order chi connectivity index (χ1) is 11.8. The minimum absolute atomic E-state index is 0.0333. The number of rotatable bonds is 8. The summed E-state index contributed by atoms with van der Waals surface area (Å²) in [6, 6.07) is 8.35. The molecule has 25 heavy (non-hydrogen) atoms. The number of benzene rings is 1. The van der Waals surface area contributed by atoms with Gasteiger partial charge in [-0.15, -0.1) is 0 Å². The van der Waals surface area contributed by atoms with Crippen LogP contribution in [0.25, 0.3) is 0 Å². The Morgan fingerprint density at radius 3 is 2.52 bits per heavy atom. The fraction of sp³-hybridized carbons (Fsp3) is 0.556. The third-order valence-corrected chi connectivity index (χ3v) is 3.66. The summed E-state index contributed by atoms with van der Waals surface area (Å²) in [6.07, 6.45) is 0. The molecule has 1 aromatic carbocycles. The number of anilines is 1. The number of carbonyl (C=O) groups is 1. The Morgan fingerprint density at radius 1 is 1.20 bits per heavy atom. The average molecular weight is 349 g/mol. The highest BCUT2D eigenvalue weighted by molar-refractivity contribution is 5.84. The standard InChI is InChI=1S/C18H31N5O2/c1-21(2)16-9-7-8-15(12-16)14-23(5)18(19-10-11-25-6)20-13-17(24)22(3)4/h7-9,12H,10-11,13-14H2,1-6H3,(H,19,20). The predicted octanol–water partition coefficient (Wildman–Crippen LogP) is 0.865. The van der Waals surface area contributed by atoms with Gasteiger partial charge in [0.25, 0.3) is 0 Å². The second kappa shape index (κ2) is 10.6. The Hall–Kier alpha value is -2.28. The van der Waals surface area contributed by atoms with Crippen molar-refractivity contribution in [1.29, 1.82) is 0 Å². The minimum Gasteiger partial charge on any atom is -0.383 e. The molecule has 0 radical (unpaired) electrons. The van der Waals surface area contributed by atoms with Gasteiger partial charge in [-0.2, -0.15) is 0 Å². The first kappa shape index (κ1) is 20.8. The molecule has 7 heteroatoms. The predicted molar refractivity (Wildman–Crippen MR) is 103 cm³/mol. The Kier molecular flexibility index (Phi) is 8.77. The van der Waals surface area contributed by atoms with Gasteiger partial charge in [0, 0.05) is 61.1 Å². The third kappa shape index (κ3) is 7.43. The smallest absolute Gasteiger partial charge is 0.243 e. The molecule has 7 nitrogen and oxygen atoms in total. The van der Waals surface area contributed by atoms with Crippen molar-refractivity contribution in [3.8, 4) is 0 Å². The van der Waals surface area contributed by atoms with Crippen LogP contribution in [-0.4, -0.2) is 83.7 Å². The monoisotopic (exact) mass is 349 g/mol. The lowest BCUT2D eigenvalue weighted by Gasteiger charge is -2.23. The Balaban J connectivity index is 2.83. The topological polar surface area (TPSA) is 60.4 Å². The zero-order chi connectivity index (χ0) is 18.8. The molecule has 0 unspecified atom stereocenters. The SMILES string of the molecule is COCCNC(=NCC(=O)N(C)C)N(C)Cc1cccc(N(C)C)c1. The summed E-state index contributed by atoms with van der Waals surface area (Å²) in [5.41, 5.74) is 2.33. The average Bonchev–Trinajstić information content (AvgIpc) is 2.57. The van der Waals surface area contributed by atoms with Gasteiger partial charge in [-0.3, -0.25) is 4.79 Å². The molecule has 0 aliphatic carbocycles. The maximum absolute atomic E-state index is 11.8. The molecular weight excluding hydrogens is 318 g/mol. The van der Waals surface area contributed by atoms with Gasteiger partial charge in [0.1, 0.15) is 6.54 Å². The van der Waals surface area contributed by atoms with Crippen LogP contribution < -0.4 is 10.2 Å². The molecule has 0 aliphatic heterocycles. The molecule has 0 atom stereocenters. The van der Waals surface area contributed by atoms with E-state index in [1.807, 2.05) is 32.1 Å². The van der Waals surface area contributed by atoms with E-state index in [0.717, 1.165) is 5.69 Å². The number of likely N-dealkylation sites (N-methyl/N-ethyl adjacent to an activating group) is 1. The van der Waals surface area contributed by atoms with Crippen molar-refractivity contribution in [2.75, 3.05) is 66.9 Å². The molecule has 1 N–H and O–H groups in total. The van der Waals surface area contributed by atoms with Gasteiger partial charge in [0.15, 0.2) is 5.96 Å². The van der Waals surface area contributed by atoms with E-state index in [2.05, 4.69) is 33.4 Å². The first-order valence-corrected chi connectivity index (χ1v) is 8.30. The van der Waals surface area contributed by atoms with Crippen LogP contribution in [0.15, 0.2) is 29.3 Å². The number of hydrogen-bond donors (Lipinski definition) is 1. The van der Waals surface area contributed by atoms with Crippen molar-refractivity contribution in [2.45, 2.75) is 6.54 Å². The summed E-state index contributed by atoms with van der Waals surface area (Å²) in [4.78, 5) is 21.9. The molecule has 0 aromatic heterocycles. The van der Waals surface area contributed by atoms with Gasteiger partial charge in [-0.1, -0.05) is 12.1 Å². The lowest BCUT2D eigenvalue weighted by molar-refractivity contribution is -0.127. The van der Waals surface area contributed by atoms with Crippen molar-refractivity contribution < 1.29 is 9.53 Å². The highest BCUT2D eigenvalue weighted by atomic mass is 16.5. The van der Waals surface area contributed by atoms with Crippen molar-refractivity contribution >= 4 is 17.6 Å². The molecule has 1 rings (SSSR count). The highest BCUT2D eigenvalue weighted by Crippen LogP contribution is 2.14. The van der Waals surface area contributed by atoms with Gasteiger partial charge in [-0.05, 0) is 17.7 Å².